The minimum atomic E-state index is -0.0597. The monoisotopic (exact) mass is 241 g/mol. The first-order chi connectivity index (χ1) is 8.63. The van der Waals surface area contributed by atoms with Crippen molar-refractivity contribution in [2.24, 2.45) is 0 Å². The van der Waals surface area contributed by atoms with Gasteiger partial charge in [0.15, 0.2) is 5.78 Å². The highest BCUT2D eigenvalue weighted by Gasteiger charge is 2.15. The number of nitrogen functional groups attached to an aromatic ring is 1. The molecule has 0 radical (unpaired) electrons. The van der Waals surface area contributed by atoms with Crippen LogP contribution in [0.3, 0.4) is 0 Å². The summed E-state index contributed by atoms with van der Waals surface area (Å²) in [4.78, 5) is 12.4. The molecule has 0 aliphatic heterocycles. The lowest BCUT2D eigenvalue weighted by Crippen LogP contribution is -2.05. The van der Waals surface area contributed by atoms with Crippen LogP contribution in [0.4, 0.5) is 5.69 Å². The van der Waals surface area contributed by atoms with Crippen LogP contribution in [0, 0.1) is 6.92 Å². The minimum absolute atomic E-state index is 0.0597. The second-order valence-corrected chi connectivity index (χ2v) is 4.10. The van der Waals surface area contributed by atoms with Gasteiger partial charge in [0.2, 0.25) is 0 Å². The van der Waals surface area contributed by atoms with Crippen LogP contribution < -0.4 is 10.5 Å². The number of benzene rings is 2. The number of aryl methyl sites for hydroxylation is 1. The van der Waals surface area contributed by atoms with Gasteiger partial charge < -0.3 is 10.5 Å². The quantitative estimate of drug-likeness (QED) is 0.664. The lowest BCUT2D eigenvalue weighted by atomic mass is 10.00. The number of carbonyl (C=O) groups is 1. The van der Waals surface area contributed by atoms with E-state index in [0.717, 1.165) is 5.56 Å². The maximum atomic E-state index is 12.4. The lowest BCUT2D eigenvalue weighted by Gasteiger charge is -2.10. The standard InChI is InChI=1S/C15H15NO2/c1-10-8-12(14(18-2)9-13(10)16)15(17)11-6-4-3-5-7-11/h3-9H,16H2,1-2H3. The summed E-state index contributed by atoms with van der Waals surface area (Å²) >= 11 is 0. The maximum Gasteiger partial charge on any atom is 0.196 e. The molecule has 3 nitrogen and oxygen atoms in total. The fourth-order valence-corrected chi connectivity index (χ4v) is 1.80. The van der Waals surface area contributed by atoms with E-state index in [-0.39, 0.29) is 5.78 Å². The van der Waals surface area contributed by atoms with Crippen LogP contribution in [-0.4, -0.2) is 12.9 Å². The predicted octanol–water partition coefficient (Wildman–Crippen LogP) is 2.82. The fourth-order valence-electron chi connectivity index (χ4n) is 1.80. The highest BCUT2D eigenvalue weighted by Crippen LogP contribution is 2.27. The molecule has 0 unspecified atom stereocenters. The molecule has 18 heavy (non-hydrogen) atoms. The Bertz CT molecular complexity index is 577. The number of nitrogens with two attached hydrogens (primary N) is 1. The van der Waals surface area contributed by atoms with E-state index in [9.17, 15) is 4.79 Å². The summed E-state index contributed by atoms with van der Waals surface area (Å²) in [7, 11) is 1.53. The summed E-state index contributed by atoms with van der Waals surface area (Å²) in [6, 6.07) is 12.6. The van der Waals surface area contributed by atoms with E-state index in [4.69, 9.17) is 10.5 Å². The molecule has 0 saturated heterocycles. The molecular formula is C15H15NO2. The van der Waals surface area contributed by atoms with Crippen molar-refractivity contribution in [1.82, 2.24) is 0 Å². The summed E-state index contributed by atoms with van der Waals surface area (Å²) in [5.41, 5.74) is 8.48. The third-order valence-corrected chi connectivity index (χ3v) is 2.87. The molecule has 0 aliphatic rings. The van der Waals surface area contributed by atoms with Gasteiger partial charge in [-0.3, -0.25) is 4.79 Å². The van der Waals surface area contributed by atoms with E-state index in [1.165, 1.54) is 7.11 Å². The van der Waals surface area contributed by atoms with Gasteiger partial charge >= 0.3 is 0 Å². The van der Waals surface area contributed by atoms with E-state index in [2.05, 4.69) is 0 Å². The number of rotatable bonds is 3. The molecule has 2 aromatic rings. The number of carbonyl (C=O) groups excluding carboxylic acids is 1. The van der Waals surface area contributed by atoms with Gasteiger partial charge in [-0.1, -0.05) is 30.3 Å². The highest BCUT2D eigenvalue weighted by molar-refractivity contribution is 6.11. The zero-order valence-corrected chi connectivity index (χ0v) is 10.4. The smallest absolute Gasteiger partial charge is 0.196 e. The predicted molar refractivity (Wildman–Crippen MR) is 72.0 cm³/mol. The second kappa shape index (κ2) is 4.92. The van der Waals surface area contributed by atoms with Crippen molar-refractivity contribution in [3.05, 3.63) is 59.2 Å². The summed E-state index contributed by atoms with van der Waals surface area (Å²) in [6.45, 7) is 1.87. The molecule has 0 amide bonds. The Morgan fingerprint density at radius 1 is 1.17 bits per heavy atom. The van der Waals surface area contributed by atoms with E-state index in [0.29, 0.717) is 22.6 Å². The lowest BCUT2D eigenvalue weighted by molar-refractivity contribution is 0.103. The zero-order valence-electron chi connectivity index (χ0n) is 10.4. The Labute approximate surface area is 106 Å². The first-order valence-electron chi connectivity index (χ1n) is 5.67. The van der Waals surface area contributed by atoms with Gasteiger partial charge in [0.25, 0.3) is 0 Å². The summed E-state index contributed by atoms with van der Waals surface area (Å²) in [6.07, 6.45) is 0. The molecule has 0 heterocycles. The van der Waals surface area contributed by atoms with Crippen molar-refractivity contribution in [3.63, 3.8) is 0 Å². The maximum absolute atomic E-state index is 12.4. The van der Waals surface area contributed by atoms with E-state index >= 15 is 0 Å². The molecular weight excluding hydrogens is 226 g/mol. The van der Waals surface area contributed by atoms with Crippen molar-refractivity contribution in [3.8, 4) is 5.75 Å². The Morgan fingerprint density at radius 3 is 2.44 bits per heavy atom. The first-order valence-corrected chi connectivity index (χ1v) is 5.67. The number of ether oxygens (including phenoxy) is 1. The van der Waals surface area contributed by atoms with Crippen molar-refractivity contribution in [2.45, 2.75) is 6.92 Å². The van der Waals surface area contributed by atoms with Gasteiger partial charge in [-0.25, -0.2) is 0 Å². The molecule has 92 valence electrons. The number of methoxy groups -OCH3 is 1. The average molecular weight is 241 g/mol. The number of hydrogen-bond acceptors (Lipinski definition) is 3. The Morgan fingerprint density at radius 2 is 1.83 bits per heavy atom. The Balaban J connectivity index is 2.51. The zero-order chi connectivity index (χ0) is 13.1. The van der Waals surface area contributed by atoms with Crippen LogP contribution in [0.5, 0.6) is 5.75 Å². The SMILES string of the molecule is COc1cc(N)c(C)cc1C(=O)c1ccccc1. The molecule has 0 atom stereocenters. The molecule has 2 aromatic carbocycles. The molecule has 0 fully saturated rings. The fraction of sp³-hybridized carbons (Fsp3) is 0.133. The first kappa shape index (κ1) is 12.2. The molecule has 0 aromatic heterocycles. The van der Waals surface area contributed by atoms with Crippen LogP contribution in [0.25, 0.3) is 0 Å². The van der Waals surface area contributed by atoms with E-state index in [1.807, 2.05) is 25.1 Å². The molecule has 0 saturated carbocycles. The van der Waals surface area contributed by atoms with Crippen molar-refractivity contribution in [1.29, 1.82) is 0 Å². The van der Waals surface area contributed by atoms with Crippen LogP contribution in [-0.2, 0) is 0 Å². The second-order valence-electron chi connectivity index (χ2n) is 4.10. The molecule has 0 spiro atoms. The van der Waals surface area contributed by atoms with Crippen molar-refractivity contribution >= 4 is 11.5 Å². The van der Waals surface area contributed by atoms with Gasteiger partial charge in [0.05, 0.1) is 12.7 Å². The van der Waals surface area contributed by atoms with Gasteiger partial charge in [0.1, 0.15) is 5.75 Å². The largest absolute Gasteiger partial charge is 0.496 e. The summed E-state index contributed by atoms with van der Waals surface area (Å²) in [5, 5.41) is 0. The van der Waals surface area contributed by atoms with Gasteiger partial charge in [-0.15, -0.1) is 0 Å². The van der Waals surface area contributed by atoms with Gasteiger partial charge in [-0.05, 0) is 18.6 Å². The Kier molecular flexibility index (Phi) is 3.33. The summed E-state index contributed by atoms with van der Waals surface area (Å²) < 4.78 is 5.22. The third-order valence-electron chi connectivity index (χ3n) is 2.87. The molecule has 2 rings (SSSR count). The van der Waals surface area contributed by atoms with Crippen molar-refractivity contribution < 1.29 is 9.53 Å². The minimum Gasteiger partial charge on any atom is -0.496 e. The van der Waals surface area contributed by atoms with E-state index in [1.54, 1.807) is 24.3 Å². The normalized spacial score (nSPS) is 10.1. The molecule has 2 N–H and O–H groups in total. The van der Waals surface area contributed by atoms with Gasteiger partial charge in [-0.2, -0.15) is 0 Å². The van der Waals surface area contributed by atoms with Crippen LogP contribution in [0.2, 0.25) is 0 Å². The molecule has 3 heteroatoms. The van der Waals surface area contributed by atoms with Crippen LogP contribution >= 0.6 is 0 Å². The molecule has 0 aliphatic carbocycles. The van der Waals surface area contributed by atoms with Gasteiger partial charge in [0, 0.05) is 17.3 Å². The topological polar surface area (TPSA) is 52.3 Å². The highest BCUT2D eigenvalue weighted by atomic mass is 16.5. The Hall–Kier alpha value is -2.29. The third kappa shape index (κ3) is 2.20. The van der Waals surface area contributed by atoms with Crippen LogP contribution in [0.1, 0.15) is 21.5 Å². The van der Waals surface area contributed by atoms with E-state index < -0.39 is 0 Å². The number of anilines is 1. The van der Waals surface area contributed by atoms with Crippen LogP contribution in [0.15, 0.2) is 42.5 Å². The summed E-state index contributed by atoms with van der Waals surface area (Å²) in [5.74, 6) is 0.447. The average Bonchev–Trinajstić information content (AvgIpc) is 2.41. The number of hydrogen-bond donors (Lipinski definition) is 1. The number of ketones is 1. The van der Waals surface area contributed by atoms with Crippen molar-refractivity contribution in [2.75, 3.05) is 12.8 Å². The molecule has 0 bridgehead atoms.